The summed E-state index contributed by atoms with van der Waals surface area (Å²) in [5.41, 5.74) is 2.09. The topological polar surface area (TPSA) is 91.7 Å². The molecule has 0 spiro atoms. The standard InChI is InChI=1S/C29H37N3O4/c1-22(2)6-11-28(33)36-17-16-35-15-12-31-29(34)26(21-30)19-23-7-8-25-20-27(10-9-24(25)18-23)32-13-4-3-5-14-32/h7-10,18-20,22H,3-6,11-17H2,1-2H3,(H,31,34)/b26-19+. The van der Waals surface area contributed by atoms with E-state index in [0.717, 1.165) is 35.8 Å². The highest BCUT2D eigenvalue weighted by atomic mass is 16.6. The Morgan fingerprint density at radius 3 is 2.56 bits per heavy atom. The molecular formula is C29H37N3O4. The Kier molecular flexibility index (Phi) is 10.8. The van der Waals surface area contributed by atoms with Gasteiger partial charge >= 0.3 is 5.97 Å². The number of hydrogen-bond acceptors (Lipinski definition) is 6. The average molecular weight is 492 g/mol. The molecule has 2 aromatic rings. The lowest BCUT2D eigenvalue weighted by Crippen LogP contribution is -2.29. The first-order chi connectivity index (χ1) is 17.5. The minimum absolute atomic E-state index is 0.0402. The van der Waals surface area contributed by atoms with Crippen LogP contribution in [0.1, 0.15) is 51.5 Å². The molecule has 36 heavy (non-hydrogen) atoms. The number of piperidine rings is 1. The van der Waals surface area contributed by atoms with Crippen LogP contribution >= 0.6 is 0 Å². The zero-order valence-electron chi connectivity index (χ0n) is 21.4. The van der Waals surface area contributed by atoms with Crippen LogP contribution < -0.4 is 10.2 Å². The van der Waals surface area contributed by atoms with E-state index in [0.29, 0.717) is 12.3 Å². The van der Waals surface area contributed by atoms with Gasteiger partial charge in [-0.15, -0.1) is 0 Å². The van der Waals surface area contributed by atoms with Gasteiger partial charge in [0.1, 0.15) is 18.2 Å². The molecule has 192 valence electrons. The molecule has 7 nitrogen and oxygen atoms in total. The summed E-state index contributed by atoms with van der Waals surface area (Å²) >= 11 is 0. The number of esters is 1. The largest absolute Gasteiger partial charge is 0.463 e. The van der Waals surface area contributed by atoms with Gasteiger partial charge in [-0.1, -0.05) is 32.0 Å². The highest BCUT2D eigenvalue weighted by molar-refractivity contribution is 6.02. The lowest BCUT2D eigenvalue weighted by molar-refractivity contribution is -0.145. The van der Waals surface area contributed by atoms with E-state index in [1.807, 2.05) is 24.3 Å². The summed E-state index contributed by atoms with van der Waals surface area (Å²) in [5.74, 6) is -0.203. The number of ether oxygens (including phenoxy) is 2. The van der Waals surface area contributed by atoms with Gasteiger partial charge in [0.05, 0.1) is 13.2 Å². The van der Waals surface area contributed by atoms with Gasteiger partial charge in [0, 0.05) is 31.7 Å². The molecule has 3 rings (SSSR count). The Hall–Kier alpha value is -3.37. The predicted molar refractivity (Wildman–Crippen MR) is 142 cm³/mol. The van der Waals surface area contributed by atoms with Crippen LogP contribution in [-0.2, 0) is 19.1 Å². The molecule has 1 saturated heterocycles. The molecule has 0 unspecified atom stereocenters. The Balaban J connectivity index is 1.44. The molecule has 0 atom stereocenters. The van der Waals surface area contributed by atoms with E-state index in [4.69, 9.17) is 9.47 Å². The lowest BCUT2D eigenvalue weighted by Gasteiger charge is -2.29. The number of fused-ring (bicyclic) bond motifs is 1. The number of nitrogens with zero attached hydrogens (tertiary/aromatic N) is 2. The highest BCUT2D eigenvalue weighted by Gasteiger charge is 2.12. The van der Waals surface area contributed by atoms with Crippen LogP contribution in [0.25, 0.3) is 16.8 Å². The Morgan fingerprint density at radius 1 is 1.06 bits per heavy atom. The molecule has 2 aromatic carbocycles. The molecule has 0 bridgehead atoms. The van der Waals surface area contributed by atoms with Gasteiger partial charge in [0.2, 0.25) is 0 Å². The molecule has 1 amide bonds. The molecule has 0 saturated carbocycles. The molecule has 1 heterocycles. The Morgan fingerprint density at radius 2 is 1.81 bits per heavy atom. The summed E-state index contributed by atoms with van der Waals surface area (Å²) in [4.78, 5) is 26.4. The Labute approximate surface area is 214 Å². The van der Waals surface area contributed by atoms with Crippen LogP contribution in [0.15, 0.2) is 42.0 Å². The number of rotatable bonds is 12. The second-order valence-corrected chi connectivity index (χ2v) is 9.53. The van der Waals surface area contributed by atoms with Gasteiger partial charge in [-0.05, 0) is 72.2 Å². The molecule has 0 aromatic heterocycles. The van der Waals surface area contributed by atoms with E-state index in [2.05, 4.69) is 42.3 Å². The third kappa shape index (κ3) is 8.69. The first-order valence-corrected chi connectivity index (χ1v) is 12.9. The van der Waals surface area contributed by atoms with E-state index in [1.54, 1.807) is 6.08 Å². The molecule has 1 fully saturated rings. The van der Waals surface area contributed by atoms with E-state index in [9.17, 15) is 14.9 Å². The minimum Gasteiger partial charge on any atom is -0.463 e. The van der Waals surface area contributed by atoms with Crippen molar-refractivity contribution in [2.75, 3.05) is 44.4 Å². The van der Waals surface area contributed by atoms with Gasteiger partial charge in [-0.2, -0.15) is 5.26 Å². The van der Waals surface area contributed by atoms with Crippen LogP contribution in [0.2, 0.25) is 0 Å². The first kappa shape index (κ1) is 27.2. The van der Waals surface area contributed by atoms with Crippen molar-refractivity contribution in [3.63, 3.8) is 0 Å². The summed E-state index contributed by atoms with van der Waals surface area (Å²) in [6.07, 6.45) is 6.59. The van der Waals surface area contributed by atoms with Gasteiger partial charge in [-0.25, -0.2) is 0 Å². The minimum atomic E-state index is -0.443. The van der Waals surface area contributed by atoms with E-state index < -0.39 is 5.91 Å². The van der Waals surface area contributed by atoms with Crippen LogP contribution in [0.3, 0.4) is 0 Å². The Bertz CT molecular complexity index is 1100. The number of hydrogen-bond donors (Lipinski definition) is 1. The van der Waals surface area contributed by atoms with Crippen molar-refractivity contribution in [3.8, 4) is 6.07 Å². The number of carbonyl (C=O) groups excluding carboxylic acids is 2. The third-order valence-corrected chi connectivity index (χ3v) is 6.19. The number of anilines is 1. The zero-order valence-corrected chi connectivity index (χ0v) is 21.4. The lowest BCUT2D eigenvalue weighted by atomic mass is 10.0. The monoisotopic (exact) mass is 491 g/mol. The molecule has 1 aliphatic heterocycles. The number of nitrogens with one attached hydrogen (secondary N) is 1. The van der Waals surface area contributed by atoms with Crippen molar-refractivity contribution in [2.24, 2.45) is 5.92 Å². The second kappa shape index (κ2) is 14.3. The zero-order chi connectivity index (χ0) is 25.8. The van der Waals surface area contributed by atoms with Crippen LogP contribution in [0.4, 0.5) is 5.69 Å². The van der Waals surface area contributed by atoms with Gasteiger partial charge < -0.3 is 19.7 Å². The maximum atomic E-state index is 12.4. The van der Waals surface area contributed by atoms with Gasteiger partial charge in [-0.3, -0.25) is 9.59 Å². The molecule has 1 N–H and O–H groups in total. The fraction of sp³-hybridized carbons (Fsp3) is 0.483. The molecule has 0 radical (unpaired) electrons. The van der Waals surface area contributed by atoms with Gasteiger partial charge in [0.25, 0.3) is 5.91 Å². The first-order valence-electron chi connectivity index (χ1n) is 12.9. The fourth-order valence-corrected chi connectivity index (χ4v) is 4.13. The predicted octanol–water partition coefficient (Wildman–Crippen LogP) is 4.85. The second-order valence-electron chi connectivity index (χ2n) is 9.53. The summed E-state index contributed by atoms with van der Waals surface area (Å²) in [6.45, 7) is 7.30. The SMILES string of the molecule is CC(C)CCC(=O)OCCOCCNC(=O)/C(C#N)=C/c1ccc2cc(N3CCCCC3)ccc2c1. The summed E-state index contributed by atoms with van der Waals surface area (Å²) in [5, 5.41) is 14.4. The van der Waals surface area contributed by atoms with E-state index in [-0.39, 0.29) is 37.9 Å². The highest BCUT2D eigenvalue weighted by Crippen LogP contribution is 2.26. The van der Waals surface area contributed by atoms with Crippen LogP contribution in [0, 0.1) is 17.2 Å². The van der Waals surface area contributed by atoms with Crippen molar-refractivity contribution < 1.29 is 19.1 Å². The molecular weight excluding hydrogens is 454 g/mol. The number of nitriles is 1. The molecule has 1 aliphatic rings. The number of carbonyl (C=O) groups is 2. The van der Waals surface area contributed by atoms with E-state index >= 15 is 0 Å². The third-order valence-electron chi connectivity index (χ3n) is 6.19. The van der Waals surface area contributed by atoms with Crippen LogP contribution in [0.5, 0.6) is 0 Å². The van der Waals surface area contributed by atoms with Crippen LogP contribution in [-0.4, -0.2) is 51.3 Å². The van der Waals surface area contributed by atoms with E-state index in [1.165, 1.54) is 24.9 Å². The van der Waals surface area contributed by atoms with Crippen molar-refractivity contribution >= 4 is 34.4 Å². The molecule has 7 heteroatoms. The fourth-order valence-electron chi connectivity index (χ4n) is 4.13. The summed E-state index contributed by atoms with van der Waals surface area (Å²) < 4.78 is 10.5. The van der Waals surface area contributed by atoms with Gasteiger partial charge in [0.15, 0.2) is 0 Å². The van der Waals surface area contributed by atoms with Crippen molar-refractivity contribution in [1.29, 1.82) is 5.26 Å². The average Bonchev–Trinajstić information content (AvgIpc) is 2.90. The van der Waals surface area contributed by atoms with Crippen molar-refractivity contribution in [3.05, 3.63) is 47.5 Å². The smallest absolute Gasteiger partial charge is 0.305 e. The molecule has 0 aliphatic carbocycles. The summed E-state index contributed by atoms with van der Waals surface area (Å²) in [7, 11) is 0. The van der Waals surface area contributed by atoms with Crippen molar-refractivity contribution in [1.82, 2.24) is 5.32 Å². The number of benzene rings is 2. The maximum Gasteiger partial charge on any atom is 0.305 e. The maximum absolute atomic E-state index is 12.4. The normalized spacial score (nSPS) is 14.1. The summed E-state index contributed by atoms with van der Waals surface area (Å²) in [6, 6.07) is 14.4. The number of amides is 1. The van der Waals surface area contributed by atoms with Crippen molar-refractivity contribution in [2.45, 2.75) is 46.0 Å². The quantitative estimate of drug-likeness (QED) is 0.198.